The number of phenols is 1. The van der Waals surface area contributed by atoms with Crippen LogP contribution in [0.3, 0.4) is 0 Å². The van der Waals surface area contributed by atoms with Crippen molar-refractivity contribution in [2.45, 2.75) is 6.92 Å². The number of aromatic hydroxyl groups is 1. The Morgan fingerprint density at radius 2 is 2.12 bits per heavy atom. The van der Waals surface area contributed by atoms with Crippen molar-refractivity contribution in [3.05, 3.63) is 33.9 Å². The highest BCUT2D eigenvalue weighted by Crippen LogP contribution is 2.28. The molecule has 88 valence electrons. The van der Waals surface area contributed by atoms with Gasteiger partial charge in [-0.25, -0.2) is 9.78 Å². The molecule has 2 aromatic rings. The molecule has 0 saturated heterocycles. The predicted octanol–water partition coefficient (Wildman–Crippen LogP) is 2.80. The number of aromatic nitrogens is 1. The quantitative estimate of drug-likeness (QED) is 0.822. The van der Waals surface area contributed by atoms with Crippen LogP contribution in [0.5, 0.6) is 5.75 Å². The first-order valence-corrected chi connectivity index (χ1v) is 5.70. The fourth-order valence-electron chi connectivity index (χ4n) is 1.57. The van der Waals surface area contributed by atoms with Gasteiger partial charge in [-0.3, -0.25) is 0 Å². The van der Waals surface area contributed by atoms with Crippen molar-refractivity contribution in [1.29, 1.82) is 0 Å². The first-order valence-electron chi connectivity index (χ1n) is 4.91. The maximum Gasteiger partial charge on any atom is 0.338 e. The summed E-state index contributed by atoms with van der Waals surface area (Å²) >= 11 is 3.36. The molecule has 1 aromatic carbocycles. The van der Waals surface area contributed by atoms with Gasteiger partial charge >= 0.3 is 5.97 Å². The monoisotopic (exact) mass is 295 g/mol. The average Bonchev–Trinajstić information content (AvgIpc) is 2.30. The van der Waals surface area contributed by atoms with Crippen molar-refractivity contribution in [3.8, 4) is 5.75 Å². The van der Waals surface area contributed by atoms with E-state index in [9.17, 15) is 9.90 Å². The van der Waals surface area contributed by atoms with Crippen LogP contribution in [0.25, 0.3) is 10.9 Å². The van der Waals surface area contributed by atoms with Gasteiger partial charge in [0.15, 0.2) is 0 Å². The van der Waals surface area contributed by atoms with E-state index in [0.29, 0.717) is 16.5 Å². The number of phenolic OH excluding ortho intramolecular Hbond substituents is 1. The van der Waals surface area contributed by atoms with Gasteiger partial charge in [0.2, 0.25) is 0 Å². The number of methoxy groups -OCH3 is 1. The number of ether oxygens (including phenoxy) is 1. The van der Waals surface area contributed by atoms with E-state index in [1.165, 1.54) is 13.2 Å². The molecule has 0 saturated carbocycles. The third kappa shape index (κ3) is 2.10. The molecule has 0 radical (unpaired) electrons. The summed E-state index contributed by atoms with van der Waals surface area (Å²) in [6.07, 6.45) is 0. The lowest BCUT2D eigenvalue weighted by Gasteiger charge is -2.06. The minimum absolute atomic E-state index is 0.0292. The zero-order valence-electron chi connectivity index (χ0n) is 9.32. The van der Waals surface area contributed by atoms with Crippen LogP contribution >= 0.6 is 15.9 Å². The van der Waals surface area contributed by atoms with Crippen LogP contribution in [0.1, 0.15) is 16.1 Å². The Labute approximate surface area is 106 Å². The molecule has 0 unspecified atom stereocenters. The molecular weight excluding hydrogens is 286 g/mol. The Kier molecular flexibility index (Phi) is 3.02. The fourth-order valence-corrected chi connectivity index (χ4v) is 1.91. The summed E-state index contributed by atoms with van der Waals surface area (Å²) in [6, 6.07) is 4.80. The topological polar surface area (TPSA) is 59.4 Å². The Bertz CT molecular complexity index is 610. The van der Waals surface area contributed by atoms with Gasteiger partial charge in [-0.05, 0) is 41.1 Å². The summed E-state index contributed by atoms with van der Waals surface area (Å²) in [5, 5.41) is 10.5. The smallest absolute Gasteiger partial charge is 0.338 e. The van der Waals surface area contributed by atoms with Crippen LogP contribution in [0.2, 0.25) is 0 Å². The largest absolute Gasteiger partial charge is 0.506 e. The van der Waals surface area contributed by atoms with Crippen molar-refractivity contribution in [2.24, 2.45) is 0 Å². The Morgan fingerprint density at radius 3 is 2.76 bits per heavy atom. The molecule has 4 nitrogen and oxygen atoms in total. The van der Waals surface area contributed by atoms with Crippen LogP contribution < -0.4 is 0 Å². The number of hydrogen-bond donors (Lipinski definition) is 1. The number of fused-ring (bicyclic) bond motifs is 1. The molecule has 2 rings (SSSR count). The first-order chi connectivity index (χ1) is 8.02. The number of rotatable bonds is 1. The number of benzene rings is 1. The summed E-state index contributed by atoms with van der Waals surface area (Å²) in [7, 11) is 1.30. The lowest BCUT2D eigenvalue weighted by Crippen LogP contribution is -2.01. The molecule has 0 aliphatic rings. The van der Waals surface area contributed by atoms with Gasteiger partial charge in [0.25, 0.3) is 0 Å². The molecule has 0 spiro atoms. The Morgan fingerprint density at radius 1 is 1.41 bits per heavy atom. The van der Waals surface area contributed by atoms with E-state index < -0.39 is 5.97 Å². The van der Waals surface area contributed by atoms with Crippen molar-refractivity contribution in [1.82, 2.24) is 4.98 Å². The zero-order valence-corrected chi connectivity index (χ0v) is 10.9. The van der Waals surface area contributed by atoms with Crippen molar-refractivity contribution < 1.29 is 14.6 Å². The van der Waals surface area contributed by atoms with Crippen LogP contribution in [0.4, 0.5) is 0 Å². The van der Waals surface area contributed by atoms with Crippen LogP contribution in [-0.2, 0) is 4.74 Å². The van der Waals surface area contributed by atoms with E-state index >= 15 is 0 Å². The highest BCUT2D eigenvalue weighted by molar-refractivity contribution is 9.10. The van der Waals surface area contributed by atoms with Crippen LogP contribution in [-0.4, -0.2) is 23.2 Å². The number of pyridine rings is 1. The third-order valence-electron chi connectivity index (χ3n) is 2.45. The average molecular weight is 296 g/mol. The standard InChI is InChI=1S/C12H10BrNO3/c1-6-9(13)4-7-3-8(12(16)17-2)5-10(15)11(7)14-6/h3-5,15H,1-2H3. The van der Waals surface area contributed by atoms with Gasteiger partial charge in [-0.1, -0.05) is 0 Å². The SMILES string of the molecule is COC(=O)c1cc(O)c2nc(C)c(Br)cc2c1. The third-order valence-corrected chi connectivity index (χ3v) is 3.25. The van der Waals surface area contributed by atoms with E-state index in [2.05, 4.69) is 25.7 Å². The molecule has 0 atom stereocenters. The highest BCUT2D eigenvalue weighted by atomic mass is 79.9. The van der Waals surface area contributed by atoms with Crippen LogP contribution in [0, 0.1) is 6.92 Å². The number of nitrogens with zero attached hydrogens (tertiary/aromatic N) is 1. The molecule has 17 heavy (non-hydrogen) atoms. The number of carbonyl (C=O) groups is 1. The molecule has 0 bridgehead atoms. The molecular formula is C12H10BrNO3. The van der Waals surface area contributed by atoms with E-state index in [-0.39, 0.29) is 5.75 Å². The first kappa shape index (κ1) is 11.9. The van der Waals surface area contributed by atoms with E-state index in [0.717, 1.165) is 10.2 Å². The molecule has 0 aliphatic heterocycles. The Hall–Kier alpha value is -1.62. The van der Waals surface area contributed by atoms with Gasteiger partial charge < -0.3 is 9.84 Å². The molecule has 0 aliphatic carbocycles. The number of aryl methyl sites for hydroxylation is 1. The summed E-state index contributed by atoms with van der Waals surface area (Å²) in [5.41, 5.74) is 1.55. The maximum absolute atomic E-state index is 11.4. The lowest BCUT2D eigenvalue weighted by molar-refractivity contribution is 0.0600. The number of esters is 1. The Balaban J connectivity index is 2.73. The van der Waals surface area contributed by atoms with Gasteiger partial charge in [-0.2, -0.15) is 0 Å². The molecule has 1 heterocycles. The van der Waals surface area contributed by atoms with E-state index in [1.54, 1.807) is 6.07 Å². The van der Waals surface area contributed by atoms with Crippen LogP contribution in [0.15, 0.2) is 22.7 Å². The lowest BCUT2D eigenvalue weighted by atomic mass is 10.1. The second kappa shape index (κ2) is 4.33. The normalized spacial score (nSPS) is 10.5. The highest BCUT2D eigenvalue weighted by Gasteiger charge is 2.12. The fraction of sp³-hybridized carbons (Fsp3) is 0.167. The zero-order chi connectivity index (χ0) is 12.6. The molecule has 0 amide bonds. The molecule has 0 fully saturated rings. The predicted molar refractivity (Wildman–Crippen MR) is 67.2 cm³/mol. The number of hydrogen-bond acceptors (Lipinski definition) is 4. The molecule has 5 heteroatoms. The second-order valence-electron chi connectivity index (χ2n) is 3.61. The number of carbonyl (C=O) groups excluding carboxylic acids is 1. The maximum atomic E-state index is 11.4. The van der Waals surface area contributed by atoms with Gasteiger partial charge in [-0.15, -0.1) is 0 Å². The summed E-state index contributed by atoms with van der Waals surface area (Å²) in [5.74, 6) is -0.516. The molecule has 1 N–H and O–H groups in total. The van der Waals surface area contributed by atoms with E-state index in [1.807, 2.05) is 13.0 Å². The van der Waals surface area contributed by atoms with Gasteiger partial charge in [0.1, 0.15) is 11.3 Å². The summed E-state index contributed by atoms with van der Waals surface area (Å²) in [6.45, 7) is 1.83. The van der Waals surface area contributed by atoms with Gasteiger partial charge in [0, 0.05) is 9.86 Å². The van der Waals surface area contributed by atoms with Gasteiger partial charge in [0.05, 0.1) is 18.4 Å². The minimum atomic E-state index is -0.487. The van der Waals surface area contributed by atoms with Crippen molar-refractivity contribution >= 4 is 32.8 Å². The van der Waals surface area contributed by atoms with Crippen molar-refractivity contribution in [2.75, 3.05) is 7.11 Å². The number of halogens is 1. The second-order valence-corrected chi connectivity index (χ2v) is 4.47. The minimum Gasteiger partial charge on any atom is -0.506 e. The summed E-state index contributed by atoms with van der Waals surface area (Å²) in [4.78, 5) is 15.6. The van der Waals surface area contributed by atoms with E-state index in [4.69, 9.17) is 0 Å². The molecule has 1 aromatic heterocycles. The van der Waals surface area contributed by atoms with Crippen molar-refractivity contribution in [3.63, 3.8) is 0 Å². The summed E-state index contributed by atoms with van der Waals surface area (Å²) < 4.78 is 5.44.